The molecule has 0 fully saturated rings. The molecular formula is C32H43Br2IN2O6Si2. The average molecular weight is 895 g/mol. The van der Waals surface area contributed by atoms with Gasteiger partial charge in [-0.25, -0.2) is 9.59 Å². The van der Waals surface area contributed by atoms with E-state index < -0.39 is 16.1 Å². The molecule has 2 aromatic heterocycles. The lowest BCUT2D eigenvalue weighted by molar-refractivity contribution is 0.0591. The van der Waals surface area contributed by atoms with E-state index in [1.807, 2.05) is 39.6 Å². The minimum absolute atomic E-state index is 0.333. The van der Waals surface area contributed by atoms with Crippen molar-refractivity contribution in [2.75, 3.05) is 27.4 Å². The lowest BCUT2D eigenvalue weighted by atomic mass is 10.1. The maximum absolute atomic E-state index is 12.1. The zero-order valence-electron chi connectivity index (χ0n) is 27.3. The highest BCUT2D eigenvalue weighted by molar-refractivity contribution is 14.1. The number of fused-ring (bicyclic) bond motifs is 2. The van der Waals surface area contributed by atoms with Gasteiger partial charge in [-0.2, -0.15) is 0 Å². The Morgan fingerprint density at radius 3 is 1.73 bits per heavy atom. The summed E-state index contributed by atoms with van der Waals surface area (Å²) in [6, 6.07) is 13.6. The number of methoxy groups -OCH3 is 2. The molecule has 0 aliphatic rings. The fraction of sp³-hybridized carbons (Fsp3) is 0.438. The normalized spacial score (nSPS) is 11.9. The van der Waals surface area contributed by atoms with Gasteiger partial charge in [-0.1, -0.05) is 71.1 Å². The molecule has 0 atom stereocenters. The molecular weight excluding hydrogens is 851 g/mol. The van der Waals surface area contributed by atoms with Crippen LogP contribution in [0.25, 0.3) is 21.8 Å². The van der Waals surface area contributed by atoms with Gasteiger partial charge >= 0.3 is 11.9 Å². The number of halogens is 3. The second kappa shape index (κ2) is 16.6. The molecule has 0 amide bonds. The maximum atomic E-state index is 12.1. The molecule has 0 radical (unpaired) electrons. The standard InChI is InChI=1S/C16H21BrINO3Si.C16H22BrNO3Si/c1-21-16(20)11-5-6-13(17)12-9-14(18)19(15(11)12)10-22-7-8-23(2,3)4;1-20-16(19)13-5-6-14(17)12-7-8-18(15(12)13)11-21-9-10-22(2,3)4/h5-6,9H,7-8,10H2,1-4H3;5-8H,9-11H2,1-4H3. The minimum Gasteiger partial charge on any atom is -0.465 e. The molecule has 0 N–H and O–H groups in total. The first-order chi connectivity index (χ1) is 21.1. The predicted molar refractivity (Wildman–Crippen MR) is 203 cm³/mol. The first-order valence-corrected chi connectivity index (χ1v) is 24.7. The summed E-state index contributed by atoms with van der Waals surface area (Å²) in [6.07, 6.45) is 1.94. The summed E-state index contributed by atoms with van der Waals surface area (Å²) in [5.74, 6) is -0.667. The van der Waals surface area contributed by atoms with Crippen molar-refractivity contribution < 1.29 is 28.5 Å². The average Bonchev–Trinajstić information content (AvgIpc) is 3.54. The van der Waals surface area contributed by atoms with Crippen LogP contribution in [-0.2, 0) is 32.4 Å². The maximum Gasteiger partial charge on any atom is 0.340 e. The summed E-state index contributed by atoms with van der Waals surface area (Å²) in [5.41, 5.74) is 2.81. The van der Waals surface area contributed by atoms with Gasteiger partial charge in [0.05, 0.1) is 40.1 Å². The lowest BCUT2D eigenvalue weighted by Crippen LogP contribution is -2.22. The van der Waals surface area contributed by atoms with Crippen LogP contribution in [-0.4, -0.2) is 64.7 Å². The third kappa shape index (κ3) is 10.5. The zero-order valence-corrected chi connectivity index (χ0v) is 34.6. The topological polar surface area (TPSA) is 80.9 Å². The van der Waals surface area contributed by atoms with Crippen molar-refractivity contribution >= 4 is 104 Å². The summed E-state index contributed by atoms with van der Waals surface area (Å²) in [5, 5.41) is 1.97. The second-order valence-corrected chi connectivity index (χ2v) is 27.1. The van der Waals surface area contributed by atoms with Crippen LogP contribution in [0.5, 0.6) is 0 Å². The van der Waals surface area contributed by atoms with E-state index in [0.717, 1.165) is 59.8 Å². The Labute approximate surface area is 298 Å². The molecule has 0 bridgehead atoms. The summed E-state index contributed by atoms with van der Waals surface area (Å²) < 4.78 is 28.4. The number of aromatic nitrogens is 2. The van der Waals surface area contributed by atoms with Gasteiger partial charge in [-0.05, 0) is 71.1 Å². The number of carbonyl (C=O) groups is 2. The van der Waals surface area contributed by atoms with Crippen molar-refractivity contribution in [1.29, 1.82) is 0 Å². The number of carbonyl (C=O) groups excluding carboxylic acids is 2. The first-order valence-electron chi connectivity index (χ1n) is 14.6. The quantitative estimate of drug-likeness (QED) is 0.0611. The predicted octanol–water partition coefficient (Wildman–Crippen LogP) is 9.61. The molecule has 13 heteroatoms. The monoisotopic (exact) mass is 892 g/mol. The number of hydrogen-bond donors (Lipinski definition) is 0. The summed E-state index contributed by atoms with van der Waals surface area (Å²) in [6.45, 7) is 16.3. The number of benzene rings is 2. The van der Waals surface area contributed by atoms with Gasteiger partial charge in [0.25, 0.3) is 0 Å². The summed E-state index contributed by atoms with van der Waals surface area (Å²) in [7, 11) is 0.598. The third-order valence-corrected chi connectivity index (χ3v) is 12.8. The van der Waals surface area contributed by atoms with Crippen LogP contribution < -0.4 is 0 Å². The van der Waals surface area contributed by atoms with E-state index >= 15 is 0 Å². The molecule has 0 aliphatic carbocycles. The van der Waals surface area contributed by atoms with Crippen molar-refractivity contribution in [3.05, 3.63) is 66.4 Å². The highest BCUT2D eigenvalue weighted by Crippen LogP contribution is 2.32. The Balaban J connectivity index is 0.000000246. The molecule has 4 aromatic rings. The molecule has 0 unspecified atom stereocenters. The van der Waals surface area contributed by atoms with E-state index in [-0.39, 0.29) is 11.9 Å². The first kappa shape index (κ1) is 38.0. The number of hydrogen-bond acceptors (Lipinski definition) is 6. The van der Waals surface area contributed by atoms with Crippen LogP contribution >= 0.6 is 54.5 Å². The Bertz CT molecular complexity index is 1640. The van der Waals surface area contributed by atoms with Crippen molar-refractivity contribution in [3.63, 3.8) is 0 Å². The number of esters is 2. The molecule has 0 saturated heterocycles. The molecule has 0 spiro atoms. The fourth-order valence-electron chi connectivity index (χ4n) is 4.46. The van der Waals surface area contributed by atoms with Crippen molar-refractivity contribution in [2.24, 2.45) is 0 Å². The fourth-order valence-corrected chi connectivity index (χ4v) is 7.56. The van der Waals surface area contributed by atoms with Crippen LogP contribution in [0.3, 0.4) is 0 Å². The van der Waals surface area contributed by atoms with Gasteiger partial charge in [0.1, 0.15) is 13.5 Å². The van der Waals surface area contributed by atoms with Gasteiger partial charge < -0.3 is 28.1 Å². The van der Waals surface area contributed by atoms with Crippen LogP contribution in [0, 0.1) is 3.70 Å². The van der Waals surface area contributed by atoms with Crippen LogP contribution in [0.4, 0.5) is 0 Å². The Hall–Kier alpha value is -1.50. The van der Waals surface area contributed by atoms with Crippen molar-refractivity contribution in [3.8, 4) is 0 Å². The van der Waals surface area contributed by atoms with Crippen LogP contribution in [0.15, 0.2) is 51.5 Å². The second-order valence-electron chi connectivity index (χ2n) is 13.1. The van der Waals surface area contributed by atoms with E-state index in [9.17, 15) is 9.59 Å². The molecule has 8 nitrogen and oxygen atoms in total. The molecule has 0 aliphatic heterocycles. The third-order valence-electron chi connectivity index (χ3n) is 7.08. The van der Waals surface area contributed by atoms with E-state index in [1.165, 1.54) is 14.2 Å². The number of nitrogens with zero attached hydrogens (tertiary/aromatic N) is 2. The largest absolute Gasteiger partial charge is 0.465 e. The zero-order chi connectivity index (χ0) is 33.5. The van der Waals surface area contributed by atoms with Crippen LogP contribution in [0.1, 0.15) is 20.7 Å². The summed E-state index contributed by atoms with van der Waals surface area (Å²) in [4.78, 5) is 24.0. The SMILES string of the molecule is COC(=O)c1ccc(Br)c2cc(I)n(COCC[Si](C)(C)C)c12.COC(=O)c1ccc(Br)c2ccn(COCC[Si](C)(C)C)c12. The molecule has 2 aromatic carbocycles. The smallest absolute Gasteiger partial charge is 0.340 e. The van der Waals surface area contributed by atoms with E-state index in [4.69, 9.17) is 18.9 Å². The van der Waals surface area contributed by atoms with Gasteiger partial charge in [0, 0.05) is 55.3 Å². The lowest BCUT2D eigenvalue weighted by Gasteiger charge is -2.16. The van der Waals surface area contributed by atoms with Gasteiger partial charge in [-0.3, -0.25) is 0 Å². The minimum atomic E-state index is -1.11. The van der Waals surface area contributed by atoms with E-state index in [0.29, 0.717) is 24.6 Å². The number of rotatable bonds is 12. The van der Waals surface area contributed by atoms with E-state index in [2.05, 4.69) is 93.7 Å². The molecule has 45 heavy (non-hydrogen) atoms. The van der Waals surface area contributed by atoms with Gasteiger partial charge in [0.2, 0.25) is 0 Å². The van der Waals surface area contributed by atoms with Crippen molar-refractivity contribution in [2.45, 2.75) is 64.8 Å². The van der Waals surface area contributed by atoms with Crippen LogP contribution in [0.2, 0.25) is 51.4 Å². The molecule has 4 rings (SSSR count). The van der Waals surface area contributed by atoms with Crippen molar-refractivity contribution in [1.82, 2.24) is 9.13 Å². The Morgan fingerprint density at radius 1 is 0.733 bits per heavy atom. The highest BCUT2D eigenvalue weighted by atomic mass is 127. The molecule has 0 saturated carbocycles. The van der Waals surface area contributed by atoms with Gasteiger partial charge in [0.15, 0.2) is 0 Å². The Morgan fingerprint density at radius 2 is 1.22 bits per heavy atom. The summed E-state index contributed by atoms with van der Waals surface area (Å²) >= 11 is 9.35. The van der Waals surface area contributed by atoms with Gasteiger partial charge in [-0.15, -0.1) is 0 Å². The van der Waals surface area contributed by atoms with E-state index in [1.54, 1.807) is 12.1 Å². The molecule has 246 valence electrons. The highest BCUT2D eigenvalue weighted by Gasteiger charge is 2.20. The Kier molecular flexibility index (Phi) is 14.0. The molecule has 2 heterocycles. The number of ether oxygens (including phenoxy) is 4.